The Morgan fingerprint density at radius 2 is 1.36 bits per heavy atom. The van der Waals surface area contributed by atoms with Crippen LogP contribution in [0.15, 0.2) is 0 Å². The maximum absolute atomic E-state index is 11.6. The van der Waals surface area contributed by atoms with Gasteiger partial charge in [-0.2, -0.15) is 0 Å². The van der Waals surface area contributed by atoms with E-state index in [-0.39, 0.29) is 0 Å². The first kappa shape index (κ1) is 22.9. The highest BCUT2D eigenvalue weighted by Gasteiger charge is 2.50. The molecule has 0 aromatic rings. The molecule has 0 aliphatic carbocycles. The standard InChI is InChI=1S/C17H30N2O9/c1-6-14(25-5)13(23)11(19-9(4)21)17(27-6)28-15-7(2)26-16(24)10(12(15)22)18-8(3)20/h6-7,10-17,22-24H,1-5H3,(H,18,20)(H,19,21)/t6-,7-,10-,11-,12-,13-,14-,15-,16+,17-/m1/s1. The molecule has 2 heterocycles. The number of amides is 2. The van der Waals surface area contributed by atoms with Crippen LogP contribution in [0.3, 0.4) is 0 Å². The van der Waals surface area contributed by atoms with Crippen LogP contribution in [0.5, 0.6) is 0 Å². The van der Waals surface area contributed by atoms with Gasteiger partial charge in [0.15, 0.2) is 12.6 Å². The van der Waals surface area contributed by atoms with Gasteiger partial charge in [0.1, 0.15) is 36.5 Å². The average molecular weight is 406 g/mol. The Hall–Kier alpha value is -1.34. The largest absolute Gasteiger partial charge is 0.388 e. The molecule has 162 valence electrons. The Kier molecular flexibility index (Phi) is 7.73. The molecule has 2 amide bonds. The summed E-state index contributed by atoms with van der Waals surface area (Å²) in [5, 5.41) is 36.2. The van der Waals surface area contributed by atoms with Gasteiger partial charge in [0, 0.05) is 21.0 Å². The highest BCUT2D eigenvalue weighted by molar-refractivity contribution is 5.73. The van der Waals surface area contributed by atoms with Crippen LogP contribution >= 0.6 is 0 Å². The first-order chi connectivity index (χ1) is 13.1. The molecule has 0 unspecified atom stereocenters. The normalized spacial score (nSPS) is 44.0. The first-order valence-electron chi connectivity index (χ1n) is 9.14. The summed E-state index contributed by atoms with van der Waals surface area (Å²) in [4.78, 5) is 22.9. The van der Waals surface area contributed by atoms with Crippen molar-refractivity contribution in [3.05, 3.63) is 0 Å². The molecule has 0 radical (unpaired) electrons. The van der Waals surface area contributed by atoms with E-state index in [0.29, 0.717) is 0 Å². The Morgan fingerprint density at radius 1 is 0.857 bits per heavy atom. The summed E-state index contributed by atoms with van der Waals surface area (Å²) in [6.45, 7) is 5.79. The van der Waals surface area contributed by atoms with Gasteiger partial charge in [0.05, 0.1) is 12.2 Å². The SMILES string of the molecule is CO[C@H]1[C@H](O)[C@@H](NC(C)=O)[C@@H](O[C@H]2[C@H](O)[C@@H](NC(C)=O)[C@@H](O)O[C@@H]2C)O[C@@H]1C. The minimum Gasteiger partial charge on any atom is -0.388 e. The third-order valence-corrected chi connectivity index (χ3v) is 4.94. The summed E-state index contributed by atoms with van der Waals surface area (Å²) in [5.74, 6) is -0.872. The molecule has 28 heavy (non-hydrogen) atoms. The summed E-state index contributed by atoms with van der Waals surface area (Å²) < 4.78 is 22.3. The highest BCUT2D eigenvalue weighted by Crippen LogP contribution is 2.29. The van der Waals surface area contributed by atoms with Crippen molar-refractivity contribution in [2.24, 2.45) is 0 Å². The molecule has 2 aliphatic rings. The first-order valence-corrected chi connectivity index (χ1v) is 9.14. The van der Waals surface area contributed by atoms with Crippen LogP contribution in [0.1, 0.15) is 27.7 Å². The summed E-state index contributed by atoms with van der Waals surface area (Å²) in [6.07, 6.45) is -8.04. The summed E-state index contributed by atoms with van der Waals surface area (Å²) in [7, 11) is 1.42. The Morgan fingerprint density at radius 3 is 1.89 bits per heavy atom. The Bertz CT molecular complexity index is 563. The van der Waals surface area contributed by atoms with Crippen LogP contribution in [0, 0.1) is 0 Å². The van der Waals surface area contributed by atoms with E-state index in [0.717, 1.165) is 0 Å². The van der Waals surface area contributed by atoms with Gasteiger partial charge in [-0.3, -0.25) is 9.59 Å². The van der Waals surface area contributed by atoms with Crippen molar-refractivity contribution >= 4 is 11.8 Å². The van der Waals surface area contributed by atoms with Gasteiger partial charge in [-0.15, -0.1) is 0 Å². The molecule has 2 aliphatic heterocycles. The lowest BCUT2D eigenvalue weighted by Gasteiger charge is -2.47. The van der Waals surface area contributed by atoms with Crippen LogP contribution in [-0.4, -0.2) is 95.5 Å². The number of ether oxygens (including phenoxy) is 4. The summed E-state index contributed by atoms with van der Waals surface area (Å²) in [5.41, 5.74) is 0. The van der Waals surface area contributed by atoms with Gasteiger partial charge in [0.2, 0.25) is 11.8 Å². The van der Waals surface area contributed by atoms with E-state index in [9.17, 15) is 24.9 Å². The second kappa shape index (κ2) is 9.44. The van der Waals surface area contributed by atoms with E-state index in [1.165, 1.54) is 21.0 Å². The van der Waals surface area contributed by atoms with Gasteiger partial charge in [-0.05, 0) is 13.8 Å². The summed E-state index contributed by atoms with van der Waals surface area (Å²) in [6, 6.07) is -2.08. The number of aliphatic hydroxyl groups excluding tert-OH is 3. The maximum Gasteiger partial charge on any atom is 0.217 e. The lowest BCUT2D eigenvalue weighted by atomic mass is 9.95. The zero-order valence-electron chi connectivity index (χ0n) is 16.6. The fourth-order valence-corrected chi connectivity index (χ4v) is 3.62. The molecule has 0 bridgehead atoms. The molecule has 10 atom stereocenters. The number of carbonyl (C=O) groups is 2. The van der Waals surface area contributed by atoms with Crippen molar-refractivity contribution in [1.29, 1.82) is 0 Å². The molecule has 0 saturated carbocycles. The second-order valence-corrected chi connectivity index (χ2v) is 7.18. The van der Waals surface area contributed by atoms with Crippen molar-refractivity contribution in [1.82, 2.24) is 10.6 Å². The maximum atomic E-state index is 11.6. The van der Waals surface area contributed by atoms with Gasteiger partial charge in [-0.1, -0.05) is 0 Å². The van der Waals surface area contributed by atoms with Crippen molar-refractivity contribution in [3.63, 3.8) is 0 Å². The Balaban J connectivity index is 2.21. The molecule has 11 nitrogen and oxygen atoms in total. The minimum atomic E-state index is -1.42. The molecular formula is C17H30N2O9. The van der Waals surface area contributed by atoms with Crippen LogP contribution in [0.2, 0.25) is 0 Å². The summed E-state index contributed by atoms with van der Waals surface area (Å²) >= 11 is 0. The van der Waals surface area contributed by atoms with Crippen molar-refractivity contribution in [2.45, 2.75) is 89.0 Å². The number of nitrogens with one attached hydrogen (secondary N) is 2. The molecule has 2 rings (SSSR count). The van der Waals surface area contributed by atoms with E-state index >= 15 is 0 Å². The lowest BCUT2D eigenvalue weighted by Crippen LogP contribution is -2.68. The zero-order chi connectivity index (χ0) is 21.2. The Labute approximate surface area is 163 Å². The molecule has 2 saturated heterocycles. The van der Waals surface area contributed by atoms with Gasteiger partial charge in [-0.25, -0.2) is 0 Å². The molecule has 0 spiro atoms. The van der Waals surface area contributed by atoms with E-state index in [1.807, 2.05) is 0 Å². The lowest BCUT2D eigenvalue weighted by molar-refractivity contribution is -0.320. The van der Waals surface area contributed by atoms with Crippen LogP contribution in [0.4, 0.5) is 0 Å². The zero-order valence-corrected chi connectivity index (χ0v) is 16.6. The predicted molar refractivity (Wildman–Crippen MR) is 93.8 cm³/mol. The highest BCUT2D eigenvalue weighted by atomic mass is 16.7. The number of carbonyl (C=O) groups excluding carboxylic acids is 2. The average Bonchev–Trinajstić information content (AvgIpc) is 2.58. The van der Waals surface area contributed by atoms with E-state index < -0.39 is 73.1 Å². The van der Waals surface area contributed by atoms with E-state index in [2.05, 4.69) is 10.6 Å². The molecule has 2 fully saturated rings. The monoisotopic (exact) mass is 406 g/mol. The fraction of sp³-hybridized carbons (Fsp3) is 0.882. The molecule has 0 aromatic carbocycles. The van der Waals surface area contributed by atoms with Crippen molar-refractivity contribution < 1.29 is 43.9 Å². The van der Waals surface area contributed by atoms with E-state index in [1.54, 1.807) is 13.8 Å². The second-order valence-electron chi connectivity index (χ2n) is 7.18. The third kappa shape index (κ3) is 4.98. The van der Waals surface area contributed by atoms with Gasteiger partial charge >= 0.3 is 0 Å². The van der Waals surface area contributed by atoms with Gasteiger partial charge in [0.25, 0.3) is 0 Å². The fourth-order valence-electron chi connectivity index (χ4n) is 3.62. The minimum absolute atomic E-state index is 0.411. The van der Waals surface area contributed by atoms with Crippen LogP contribution < -0.4 is 10.6 Å². The number of methoxy groups -OCH3 is 1. The molecule has 11 heteroatoms. The number of rotatable bonds is 5. The quantitative estimate of drug-likeness (QED) is 0.336. The van der Waals surface area contributed by atoms with Crippen LogP contribution in [0.25, 0.3) is 0 Å². The van der Waals surface area contributed by atoms with E-state index in [4.69, 9.17) is 18.9 Å². The molecule has 0 aromatic heterocycles. The van der Waals surface area contributed by atoms with Crippen molar-refractivity contribution in [3.8, 4) is 0 Å². The number of hydrogen-bond acceptors (Lipinski definition) is 9. The smallest absolute Gasteiger partial charge is 0.217 e. The molecular weight excluding hydrogens is 376 g/mol. The van der Waals surface area contributed by atoms with Gasteiger partial charge < -0.3 is 44.9 Å². The van der Waals surface area contributed by atoms with Crippen molar-refractivity contribution in [2.75, 3.05) is 7.11 Å². The molecule has 5 N–H and O–H groups in total. The topological polar surface area (TPSA) is 156 Å². The van der Waals surface area contributed by atoms with Crippen LogP contribution in [-0.2, 0) is 28.5 Å². The predicted octanol–water partition coefficient (Wildman–Crippen LogP) is -2.40. The number of hydrogen-bond donors (Lipinski definition) is 5. The third-order valence-electron chi connectivity index (χ3n) is 4.94. The number of aliphatic hydroxyl groups is 3.